The monoisotopic (exact) mass is 321 g/mol. The van der Waals surface area contributed by atoms with E-state index >= 15 is 0 Å². The summed E-state index contributed by atoms with van der Waals surface area (Å²) in [5, 5.41) is 12.1. The Morgan fingerprint density at radius 1 is 1.17 bits per heavy atom. The summed E-state index contributed by atoms with van der Waals surface area (Å²) < 4.78 is 1.70. The molecule has 4 rings (SSSR count). The maximum atomic E-state index is 11.8. The number of anilines is 1. The van der Waals surface area contributed by atoms with Gasteiger partial charge >= 0.3 is 5.97 Å². The van der Waals surface area contributed by atoms with Crippen molar-refractivity contribution in [2.24, 2.45) is 5.92 Å². The van der Waals surface area contributed by atoms with Gasteiger partial charge in [0.15, 0.2) is 5.65 Å². The molecule has 6 nitrogen and oxygen atoms in total. The van der Waals surface area contributed by atoms with Crippen LogP contribution in [0.2, 0.25) is 0 Å². The third-order valence-electron chi connectivity index (χ3n) is 4.11. The number of pyridine rings is 1. The SMILES string of the molecule is O=C(O)c1cccn2cc(-c3ccc(NC(=O)C4CC4)cc3)nc12. The van der Waals surface area contributed by atoms with Crippen LogP contribution in [-0.2, 0) is 4.79 Å². The summed E-state index contributed by atoms with van der Waals surface area (Å²) in [5.41, 5.74) is 2.87. The van der Waals surface area contributed by atoms with Gasteiger partial charge in [-0.2, -0.15) is 0 Å². The van der Waals surface area contributed by atoms with Crippen molar-refractivity contribution in [2.75, 3.05) is 5.32 Å². The summed E-state index contributed by atoms with van der Waals surface area (Å²) in [6.45, 7) is 0. The zero-order valence-corrected chi connectivity index (χ0v) is 12.8. The van der Waals surface area contributed by atoms with Crippen molar-refractivity contribution in [3.63, 3.8) is 0 Å². The number of carboxylic acid groups (broad SMARTS) is 1. The first kappa shape index (κ1) is 14.4. The molecule has 1 aliphatic carbocycles. The van der Waals surface area contributed by atoms with Gasteiger partial charge in [0.1, 0.15) is 5.56 Å². The molecule has 0 saturated heterocycles. The molecule has 1 aromatic carbocycles. The van der Waals surface area contributed by atoms with Crippen molar-refractivity contribution < 1.29 is 14.7 Å². The van der Waals surface area contributed by atoms with Gasteiger partial charge in [-0.3, -0.25) is 4.79 Å². The number of fused-ring (bicyclic) bond motifs is 1. The van der Waals surface area contributed by atoms with Gasteiger partial charge in [0, 0.05) is 29.6 Å². The molecule has 6 heteroatoms. The fraction of sp³-hybridized carbons (Fsp3) is 0.167. The van der Waals surface area contributed by atoms with Crippen LogP contribution in [0.25, 0.3) is 16.9 Å². The van der Waals surface area contributed by atoms with Crippen molar-refractivity contribution in [1.29, 1.82) is 0 Å². The number of carbonyl (C=O) groups is 2. The van der Waals surface area contributed by atoms with Crippen LogP contribution in [0, 0.1) is 5.92 Å². The van der Waals surface area contributed by atoms with Gasteiger partial charge in [-0.15, -0.1) is 0 Å². The number of hydrogen-bond acceptors (Lipinski definition) is 3. The lowest BCUT2D eigenvalue weighted by atomic mass is 10.1. The molecule has 0 radical (unpaired) electrons. The lowest BCUT2D eigenvalue weighted by Crippen LogP contribution is -2.12. The minimum Gasteiger partial charge on any atom is -0.478 e. The normalized spacial score (nSPS) is 13.8. The van der Waals surface area contributed by atoms with Crippen molar-refractivity contribution in [2.45, 2.75) is 12.8 Å². The molecular weight excluding hydrogens is 306 g/mol. The zero-order valence-electron chi connectivity index (χ0n) is 12.8. The number of amides is 1. The van der Waals surface area contributed by atoms with Crippen LogP contribution in [0.5, 0.6) is 0 Å². The molecule has 120 valence electrons. The molecule has 24 heavy (non-hydrogen) atoms. The Balaban J connectivity index is 1.63. The molecular formula is C18H15N3O3. The van der Waals surface area contributed by atoms with Gasteiger partial charge in [-0.1, -0.05) is 12.1 Å². The van der Waals surface area contributed by atoms with Gasteiger partial charge in [-0.25, -0.2) is 9.78 Å². The number of imidazole rings is 1. The molecule has 2 N–H and O–H groups in total. The van der Waals surface area contributed by atoms with E-state index in [1.165, 1.54) is 6.07 Å². The number of aromatic carboxylic acids is 1. The highest BCUT2D eigenvalue weighted by molar-refractivity contribution is 5.95. The van der Waals surface area contributed by atoms with E-state index in [2.05, 4.69) is 10.3 Å². The number of carboxylic acids is 1. The highest BCUT2D eigenvalue weighted by atomic mass is 16.4. The Labute approximate surface area is 137 Å². The molecule has 1 amide bonds. The van der Waals surface area contributed by atoms with Crippen LogP contribution >= 0.6 is 0 Å². The van der Waals surface area contributed by atoms with Crippen molar-refractivity contribution in [3.05, 3.63) is 54.4 Å². The van der Waals surface area contributed by atoms with Crippen LogP contribution in [0.3, 0.4) is 0 Å². The molecule has 1 aliphatic rings. The number of hydrogen-bond donors (Lipinski definition) is 2. The Kier molecular flexibility index (Phi) is 3.30. The Morgan fingerprint density at radius 3 is 2.58 bits per heavy atom. The Hall–Kier alpha value is -3.15. The Morgan fingerprint density at radius 2 is 1.92 bits per heavy atom. The van der Waals surface area contributed by atoms with Crippen molar-refractivity contribution >= 4 is 23.2 Å². The predicted molar refractivity (Wildman–Crippen MR) is 88.9 cm³/mol. The number of nitrogens with one attached hydrogen (secondary N) is 1. The Bertz CT molecular complexity index is 940. The second kappa shape index (κ2) is 5.49. The predicted octanol–water partition coefficient (Wildman–Crippen LogP) is 3.05. The second-order valence-corrected chi connectivity index (χ2v) is 5.92. The van der Waals surface area contributed by atoms with Gasteiger partial charge in [-0.05, 0) is 37.1 Å². The lowest BCUT2D eigenvalue weighted by molar-refractivity contribution is -0.117. The van der Waals surface area contributed by atoms with Crippen LogP contribution in [-0.4, -0.2) is 26.4 Å². The smallest absolute Gasteiger partial charge is 0.339 e. The molecule has 1 saturated carbocycles. The summed E-state index contributed by atoms with van der Waals surface area (Å²) in [6, 6.07) is 10.6. The van der Waals surface area contributed by atoms with Crippen LogP contribution in [0.1, 0.15) is 23.2 Å². The van der Waals surface area contributed by atoms with E-state index in [4.69, 9.17) is 0 Å². The number of rotatable bonds is 4. The number of carbonyl (C=O) groups excluding carboxylic acids is 1. The maximum Gasteiger partial charge on any atom is 0.339 e. The average Bonchev–Trinajstić information content (AvgIpc) is 3.34. The zero-order chi connectivity index (χ0) is 16.7. The molecule has 1 fully saturated rings. The third-order valence-corrected chi connectivity index (χ3v) is 4.11. The van der Waals surface area contributed by atoms with E-state index in [1.54, 1.807) is 22.9 Å². The molecule has 0 bridgehead atoms. The van der Waals surface area contributed by atoms with Gasteiger partial charge in [0.2, 0.25) is 5.91 Å². The van der Waals surface area contributed by atoms with Crippen LogP contribution in [0.4, 0.5) is 5.69 Å². The first-order chi connectivity index (χ1) is 11.6. The van der Waals surface area contributed by atoms with Crippen molar-refractivity contribution in [1.82, 2.24) is 9.38 Å². The second-order valence-electron chi connectivity index (χ2n) is 5.92. The largest absolute Gasteiger partial charge is 0.478 e. The van der Waals surface area contributed by atoms with Crippen LogP contribution < -0.4 is 5.32 Å². The van der Waals surface area contributed by atoms with Gasteiger partial charge in [0.25, 0.3) is 0 Å². The summed E-state index contributed by atoms with van der Waals surface area (Å²) in [4.78, 5) is 27.5. The van der Waals surface area contributed by atoms with E-state index in [0.29, 0.717) is 11.3 Å². The van der Waals surface area contributed by atoms with Gasteiger partial charge in [0.05, 0.1) is 5.69 Å². The molecule has 0 aliphatic heterocycles. The third kappa shape index (κ3) is 2.62. The molecule has 2 heterocycles. The summed E-state index contributed by atoms with van der Waals surface area (Å²) in [6.07, 6.45) is 5.50. The van der Waals surface area contributed by atoms with Crippen molar-refractivity contribution in [3.8, 4) is 11.3 Å². The minimum atomic E-state index is -1.00. The summed E-state index contributed by atoms with van der Waals surface area (Å²) >= 11 is 0. The summed E-state index contributed by atoms with van der Waals surface area (Å²) in [7, 11) is 0. The fourth-order valence-corrected chi connectivity index (χ4v) is 2.63. The standard InChI is InChI=1S/C18H15N3O3/c22-17(12-3-4-12)19-13-7-5-11(6-8-13)15-10-21-9-1-2-14(18(23)24)16(21)20-15/h1-2,5-10,12H,3-4H2,(H,19,22)(H,23,24). The first-order valence-electron chi connectivity index (χ1n) is 7.74. The maximum absolute atomic E-state index is 11.8. The molecule has 2 aromatic heterocycles. The number of nitrogens with zero attached hydrogens (tertiary/aromatic N) is 2. The number of aromatic nitrogens is 2. The van der Waals surface area contributed by atoms with Crippen LogP contribution in [0.15, 0.2) is 48.8 Å². The quantitative estimate of drug-likeness (QED) is 0.773. The summed E-state index contributed by atoms with van der Waals surface area (Å²) in [5.74, 6) is -0.768. The van der Waals surface area contributed by atoms with E-state index in [-0.39, 0.29) is 17.4 Å². The fourth-order valence-electron chi connectivity index (χ4n) is 2.63. The molecule has 0 spiro atoms. The molecule has 3 aromatic rings. The highest BCUT2D eigenvalue weighted by Gasteiger charge is 2.29. The highest BCUT2D eigenvalue weighted by Crippen LogP contribution is 2.30. The van der Waals surface area contributed by atoms with E-state index in [9.17, 15) is 14.7 Å². The molecule has 0 atom stereocenters. The topological polar surface area (TPSA) is 83.7 Å². The van der Waals surface area contributed by atoms with E-state index < -0.39 is 5.97 Å². The molecule has 0 unspecified atom stereocenters. The average molecular weight is 321 g/mol. The lowest BCUT2D eigenvalue weighted by Gasteiger charge is -2.04. The first-order valence-corrected chi connectivity index (χ1v) is 7.74. The van der Waals surface area contributed by atoms with E-state index in [0.717, 1.165) is 24.1 Å². The van der Waals surface area contributed by atoms with E-state index in [1.807, 2.05) is 24.3 Å². The van der Waals surface area contributed by atoms with Gasteiger partial charge < -0.3 is 14.8 Å². The number of benzene rings is 1. The minimum absolute atomic E-state index is 0.0709.